The summed E-state index contributed by atoms with van der Waals surface area (Å²) >= 11 is 0. The summed E-state index contributed by atoms with van der Waals surface area (Å²) < 4.78 is 9.64. The van der Waals surface area contributed by atoms with Crippen LogP contribution in [0.1, 0.15) is 12.5 Å². The van der Waals surface area contributed by atoms with E-state index in [1.54, 1.807) is 6.07 Å². The van der Waals surface area contributed by atoms with Crippen molar-refractivity contribution >= 4 is 24.1 Å². The standard InChI is InChI=1S/C15H21N3O5.ClH/c1-11-8-16-5-6-17(11)9-12-3-4-14(13(7-12)18(20)21)23-10-15(19)22-2;/h3-4,7,11,16H,5-6,8-10H2,1-2H3;1H/t11-;/m0./s1. The van der Waals surface area contributed by atoms with Crippen molar-refractivity contribution in [1.29, 1.82) is 0 Å². The van der Waals surface area contributed by atoms with Crippen LogP contribution in [0.2, 0.25) is 0 Å². The van der Waals surface area contributed by atoms with E-state index in [1.165, 1.54) is 19.2 Å². The number of carbonyl (C=O) groups excluding carboxylic acids is 1. The average molecular weight is 360 g/mol. The van der Waals surface area contributed by atoms with Gasteiger partial charge in [-0.2, -0.15) is 0 Å². The summed E-state index contributed by atoms with van der Waals surface area (Å²) in [5, 5.41) is 14.5. The second-order valence-corrected chi connectivity index (χ2v) is 5.45. The number of rotatable bonds is 6. The number of nitro benzene ring substituents is 1. The number of piperazine rings is 1. The Hall–Kier alpha value is -1.90. The fourth-order valence-electron chi connectivity index (χ4n) is 2.47. The van der Waals surface area contributed by atoms with Gasteiger partial charge in [0.1, 0.15) is 0 Å². The number of nitrogens with zero attached hydrogens (tertiary/aromatic N) is 2. The highest BCUT2D eigenvalue weighted by Gasteiger charge is 2.21. The number of nitro groups is 1. The van der Waals surface area contributed by atoms with Crippen LogP contribution in [0.3, 0.4) is 0 Å². The van der Waals surface area contributed by atoms with Crippen LogP contribution in [0, 0.1) is 10.1 Å². The molecule has 1 N–H and O–H groups in total. The first kappa shape index (κ1) is 20.1. The van der Waals surface area contributed by atoms with Crippen molar-refractivity contribution < 1.29 is 19.2 Å². The maximum absolute atomic E-state index is 11.2. The summed E-state index contributed by atoms with van der Waals surface area (Å²) in [5.74, 6) is -0.518. The maximum Gasteiger partial charge on any atom is 0.343 e. The first-order valence-electron chi connectivity index (χ1n) is 7.43. The molecule has 0 saturated carbocycles. The monoisotopic (exact) mass is 359 g/mol. The molecular weight excluding hydrogens is 338 g/mol. The number of methoxy groups -OCH3 is 1. The molecule has 0 radical (unpaired) electrons. The number of halogens is 1. The number of hydrogen-bond acceptors (Lipinski definition) is 7. The molecule has 1 aliphatic rings. The molecule has 134 valence electrons. The predicted molar refractivity (Wildman–Crippen MR) is 90.6 cm³/mol. The van der Waals surface area contributed by atoms with Crippen molar-refractivity contribution in [2.75, 3.05) is 33.4 Å². The van der Waals surface area contributed by atoms with Gasteiger partial charge in [-0.05, 0) is 18.6 Å². The molecule has 9 heteroatoms. The molecule has 1 atom stereocenters. The van der Waals surface area contributed by atoms with E-state index in [2.05, 4.69) is 21.9 Å². The van der Waals surface area contributed by atoms with Gasteiger partial charge in [-0.25, -0.2) is 4.79 Å². The van der Waals surface area contributed by atoms with Crippen molar-refractivity contribution in [2.45, 2.75) is 19.5 Å². The van der Waals surface area contributed by atoms with Crippen LogP contribution in [0.4, 0.5) is 5.69 Å². The summed E-state index contributed by atoms with van der Waals surface area (Å²) in [6.07, 6.45) is 0. The Morgan fingerprint density at radius 3 is 2.88 bits per heavy atom. The smallest absolute Gasteiger partial charge is 0.343 e. The number of nitrogens with one attached hydrogen (secondary N) is 1. The number of hydrogen-bond donors (Lipinski definition) is 1. The van der Waals surface area contributed by atoms with Gasteiger partial charge in [-0.3, -0.25) is 15.0 Å². The first-order chi connectivity index (χ1) is 11.0. The second kappa shape index (κ2) is 9.41. The molecule has 0 spiro atoms. The van der Waals surface area contributed by atoms with Gasteiger partial charge in [0.05, 0.1) is 12.0 Å². The number of carbonyl (C=O) groups is 1. The highest BCUT2D eigenvalue weighted by atomic mass is 35.5. The van der Waals surface area contributed by atoms with E-state index in [4.69, 9.17) is 4.74 Å². The zero-order valence-electron chi connectivity index (χ0n) is 13.7. The minimum absolute atomic E-state index is 0. The largest absolute Gasteiger partial charge is 0.475 e. The van der Waals surface area contributed by atoms with Gasteiger partial charge < -0.3 is 14.8 Å². The minimum Gasteiger partial charge on any atom is -0.475 e. The van der Waals surface area contributed by atoms with Gasteiger partial charge >= 0.3 is 11.7 Å². The van der Waals surface area contributed by atoms with Crippen LogP contribution >= 0.6 is 12.4 Å². The number of ether oxygens (including phenoxy) is 2. The SMILES string of the molecule is COC(=O)COc1ccc(CN2CCNC[C@@H]2C)cc1[N+](=O)[O-].Cl. The van der Waals surface area contributed by atoms with E-state index in [9.17, 15) is 14.9 Å². The lowest BCUT2D eigenvalue weighted by Gasteiger charge is -2.33. The molecule has 0 amide bonds. The van der Waals surface area contributed by atoms with E-state index in [1.807, 2.05) is 0 Å². The Morgan fingerprint density at radius 2 is 2.25 bits per heavy atom. The average Bonchev–Trinajstić information content (AvgIpc) is 2.55. The molecule has 1 aromatic carbocycles. The number of esters is 1. The van der Waals surface area contributed by atoms with Gasteiger partial charge in [-0.1, -0.05) is 6.07 Å². The van der Waals surface area contributed by atoms with Gasteiger partial charge in [0.2, 0.25) is 0 Å². The summed E-state index contributed by atoms with van der Waals surface area (Å²) in [6, 6.07) is 5.19. The van der Waals surface area contributed by atoms with Crippen molar-refractivity contribution in [3.05, 3.63) is 33.9 Å². The normalized spacial score (nSPS) is 17.7. The first-order valence-corrected chi connectivity index (χ1v) is 7.43. The van der Waals surface area contributed by atoms with Crippen molar-refractivity contribution in [3.63, 3.8) is 0 Å². The highest BCUT2D eigenvalue weighted by Crippen LogP contribution is 2.28. The van der Waals surface area contributed by atoms with Crippen LogP contribution in [0.25, 0.3) is 0 Å². The van der Waals surface area contributed by atoms with Crippen LogP contribution < -0.4 is 10.1 Å². The van der Waals surface area contributed by atoms with Crippen LogP contribution in [0.15, 0.2) is 18.2 Å². The molecule has 0 aliphatic carbocycles. The molecule has 1 aliphatic heterocycles. The fraction of sp³-hybridized carbons (Fsp3) is 0.533. The summed E-state index contributed by atoms with van der Waals surface area (Å²) in [4.78, 5) is 24.1. The summed E-state index contributed by atoms with van der Waals surface area (Å²) in [5.41, 5.74) is 0.699. The van der Waals surface area contributed by atoms with Gasteiger partial charge in [-0.15, -0.1) is 12.4 Å². The lowest BCUT2D eigenvalue weighted by Crippen LogP contribution is -2.49. The molecule has 1 aromatic rings. The molecule has 8 nitrogen and oxygen atoms in total. The molecule has 0 bridgehead atoms. The Balaban J connectivity index is 0.00000288. The van der Waals surface area contributed by atoms with E-state index >= 15 is 0 Å². The fourth-order valence-corrected chi connectivity index (χ4v) is 2.47. The van der Waals surface area contributed by atoms with Crippen LogP contribution in [-0.2, 0) is 16.1 Å². The molecule has 1 heterocycles. The quantitative estimate of drug-likeness (QED) is 0.465. The third-order valence-electron chi connectivity index (χ3n) is 3.82. The van der Waals surface area contributed by atoms with Crippen LogP contribution in [-0.4, -0.2) is 55.2 Å². The zero-order valence-corrected chi connectivity index (χ0v) is 14.5. The highest BCUT2D eigenvalue weighted by molar-refractivity contribution is 5.85. The Kier molecular flexibility index (Phi) is 7.90. The molecule has 0 unspecified atom stereocenters. The molecule has 1 fully saturated rings. The lowest BCUT2D eigenvalue weighted by molar-refractivity contribution is -0.385. The van der Waals surface area contributed by atoms with E-state index < -0.39 is 10.9 Å². The summed E-state index contributed by atoms with van der Waals surface area (Å²) in [6.45, 7) is 5.12. The van der Waals surface area contributed by atoms with Crippen LogP contribution in [0.5, 0.6) is 5.75 Å². The second-order valence-electron chi connectivity index (χ2n) is 5.45. The molecular formula is C15H22ClN3O5. The van der Waals surface area contributed by atoms with E-state index in [0.29, 0.717) is 12.6 Å². The van der Waals surface area contributed by atoms with E-state index in [0.717, 1.165) is 25.2 Å². The van der Waals surface area contributed by atoms with Gasteiger partial charge in [0, 0.05) is 38.3 Å². The summed E-state index contributed by atoms with van der Waals surface area (Å²) in [7, 11) is 1.23. The Bertz CT molecular complexity index is 584. The van der Waals surface area contributed by atoms with Crippen molar-refractivity contribution in [3.8, 4) is 5.75 Å². The Labute approximate surface area is 146 Å². The third kappa shape index (κ3) is 5.33. The maximum atomic E-state index is 11.2. The van der Waals surface area contributed by atoms with E-state index in [-0.39, 0.29) is 30.5 Å². The Morgan fingerprint density at radius 1 is 1.50 bits per heavy atom. The zero-order chi connectivity index (χ0) is 16.8. The predicted octanol–water partition coefficient (Wildman–Crippen LogP) is 1.36. The minimum atomic E-state index is -0.585. The molecule has 24 heavy (non-hydrogen) atoms. The van der Waals surface area contributed by atoms with Gasteiger partial charge in [0.15, 0.2) is 12.4 Å². The topological polar surface area (TPSA) is 93.9 Å². The van der Waals surface area contributed by atoms with Crippen molar-refractivity contribution in [1.82, 2.24) is 10.2 Å². The van der Waals surface area contributed by atoms with Crippen molar-refractivity contribution in [2.24, 2.45) is 0 Å². The molecule has 2 rings (SSSR count). The molecule has 1 saturated heterocycles. The van der Waals surface area contributed by atoms with Gasteiger partial charge in [0.25, 0.3) is 0 Å². The number of benzene rings is 1. The third-order valence-corrected chi connectivity index (χ3v) is 3.82. The molecule has 0 aromatic heterocycles. The lowest BCUT2D eigenvalue weighted by atomic mass is 10.1.